The maximum absolute atomic E-state index is 13.5. The number of halogens is 1. The molecule has 0 aliphatic carbocycles. The number of aryl methyl sites for hydroxylation is 1. The number of aliphatic hydroxyl groups is 1. The zero-order chi connectivity index (χ0) is 14.8. The lowest BCUT2D eigenvalue weighted by Crippen LogP contribution is -2.00. The molecule has 3 aromatic rings. The molecule has 0 radical (unpaired) electrons. The number of aliphatic hydroxyl groups excluding tert-OH is 1. The summed E-state index contributed by atoms with van der Waals surface area (Å²) in [4.78, 5) is 0. The van der Waals surface area contributed by atoms with E-state index in [-0.39, 0.29) is 12.4 Å². The van der Waals surface area contributed by atoms with Crippen LogP contribution in [0, 0.1) is 12.7 Å². The molecule has 5 heteroatoms. The van der Waals surface area contributed by atoms with Crippen molar-refractivity contribution in [3.63, 3.8) is 0 Å². The molecule has 21 heavy (non-hydrogen) atoms. The molecule has 0 saturated carbocycles. The molecule has 2 aromatic carbocycles. The Bertz CT molecular complexity index is 783. The Morgan fingerprint density at radius 3 is 2.67 bits per heavy atom. The fraction of sp³-hybridized carbons (Fsp3) is 0.125. The quantitative estimate of drug-likeness (QED) is 0.804. The van der Waals surface area contributed by atoms with Crippen molar-refractivity contribution in [1.82, 2.24) is 15.0 Å². The van der Waals surface area contributed by atoms with E-state index < -0.39 is 0 Å². The van der Waals surface area contributed by atoms with E-state index in [9.17, 15) is 9.50 Å². The Balaban J connectivity index is 2.21. The highest BCUT2D eigenvalue weighted by atomic mass is 19.1. The molecular formula is C16H14FN3O. The van der Waals surface area contributed by atoms with Gasteiger partial charge in [-0.15, -0.1) is 5.10 Å². The fourth-order valence-electron chi connectivity index (χ4n) is 2.28. The number of benzene rings is 2. The van der Waals surface area contributed by atoms with Gasteiger partial charge in [0.15, 0.2) is 0 Å². The van der Waals surface area contributed by atoms with Gasteiger partial charge in [-0.05, 0) is 36.8 Å². The van der Waals surface area contributed by atoms with Gasteiger partial charge in [0.05, 0.1) is 12.3 Å². The average molecular weight is 283 g/mol. The molecule has 0 bridgehead atoms. The van der Waals surface area contributed by atoms with Crippen LogP contribution >= 0.6 is 0 Å². The van der Waals surface area contributed by atoms with Crippen molar-refractivity contribution in [2.45, 2.75) is 13.5 Å². The SMILES string of the molecule is Cc1cccc(-n2nnc(CO)c2-c2cccc(F)c2)c1. The van der Waals surface area contributed by atoms with Crippen molar-refractivity contribution >= 4 is 0 Å². The molecule has 106 valence electrons. The summed E-state index contributed by atoms with van der Waals surface area (Å²) in [6, 6.07) is 13.9. The van der Waals surface area contributed by atoms with Crippen LogP contribution in [0.3, 0.4) is 0 Å². The Morgan fingerprint density at radius 1 is 1.14 bits per heavy atom. The summed E-state index contributed by atoms with van der Waals surface area (Å²) in [5.74, 6) is -0.339. The minimum Gasteiger partial charge on any atom is -0.390 e. The van der Waals surface area contributed by atoms with Gasteiger partial charge in [-0.3, -0.25) is 0 Å². The number of hydrogen-bond acceptors (Lipinski definition) is 3. The van der Waals surface area contributed by atoms with Crippen molar-refractivity contribution in [2.75, 3.05) is 0 Å². The maximum atomic E-state index is 13.5. The summed E-state index contributed by atoms with van der Waals surface area (Å²) in [5, 5.41) is 17.5. The van der Waals surface area contributed by atoms with Gasteiger partial charge < -0.3 is 5.11 Å². The fourth-order valence-corrected chi connectivity index (χ4v) is 2.28. The van der Waals surface area contributed by atoms with E-state index in [1.807, 2.05) is 31.2 Å². The van der Waals surface area contributed by atoms with Crippen LogP contribution < -0.4 is 0 Å². The minimum atomic E-state index is -0.339. The van der Waals surface area contributed by atoms with Crippen molar-refractivity contribution in [3.8, 4) is 16.9 Å². The van der Waals surface area contributed by atoms with Gasteiger partial charge >= 0.3 is 0 Å². The first kappa shape index (κ1) is 13.5. The van der Waals surface area contributed by atoms with E-state index in [4.69, 9.17) is 0 Å². The van der Waals surface area contributed by atoms with E-state index in [1.165, 1.54) is 12.1 Å². The summed E-state index contributed by atoms with van der Waals surface area (Å²) in [6.45, 7) is 1.73. The van der Waals surface area contributed by atoms with Crippen LogP contribution in [0.5, 0.6) is 0 Å². The molecular weight excluding hydrogens is 269 g/mol. The highest BCUT2D eigenvalue weighted by Gasteiger charge is 2.16. The number of hydrogen-bond donors (Lipinski definition) is 1. The summed E-state index contributed by atoms with van der Waals surface area (Å²) < 4.78 is 15.1. The normalized spacial score (nSPS) is 10.8. The maximum Gasteiger partial charge on any atom is 0.123 e. The highest BCUT2D eigenvalue weighted by Crippen LogP contribution is 2.26. The van der Waals surface area contributed by atoms with Gasteiger partial charge in [0, 0.05) is 5.56 Å². The molecule has 0 aliphatic heterocycles. The molecule has 4 nitrogen and oxygen atoms in total. The molecule has 0 amide bonds. The van der Waals surface area contributed by atoms with Gasteiger partial charge in [-0.2, -0.15) is 0 Å². The lowest BCUT2D eigenvalue weighted by Gasteiger charge is -2.08. The third-order valence-corrected chi connectivity index (χ3v) is 3.23. The lowest BCUT2D eigenvalue weighted by atomic mass is 10.1. The van der Waals surface area contributed by atoms with Crippen LogP contribution in [-0.2, 0) is 6.61 Å². The molecule has 0 unspecified atom stereocenters. The van der Waals surface area contributed by atoms with Crippen LogP contribution in [-0.4, -0.2) is 20.1 Å². The first-order valence-corrected chi connectivity index (χ1v) is 6.57. The molecule has 0 aliphatic rings. The Kier molecular flexibility index (Phi) is 3.50. The third kappa shape index (κ3) is 2.55. The third-order valence-electron chi connectivity index (χ3n) is 3.23. The van der Waals surface area contributed by atoms with E-state index >= 15 is 0 Å². The second-order valence-electron chi connectivity index (χ2n) is 4.80. The molecule has 0 atom stereocenters. The van der Waals surface area contributed by atoms with Crippen molar-refractivity contribution < 1.29 is 9.50 Å². The first-order chi connectivity index (χ1) is 10.2. The number of rotatable bonds is 3. The standard InChI is InChI=1S/C16H14FN3O/c1-11-4-2-7-14(8-11)20-16(15(10-21)18-19-20)12-5-3-6-13(17)9-12/h2-9,21H,10H2,1H3. The van der Waals surface area contributed by atoms with Crippen LogP contribution in [0.25, 0.3) is 16.9 Å². The summed E-state index contributed by atoms with van der Waals surface area (Å²) >= 11 is 0. The molecule has 1 heterocycles. The molecule has 0 fully saturated rings. The van der Waals surface area contributed by atoms with Crippen molar-refractivity contribution in [2.24, 2.45) is 0 Å². The second-order valence-corrected chi connectivity index (χ2v) is 4.80. The molecule has 1 aromatic heterocycles. The van der Waals surface area contributed by atoms with E-state index in [1.54, 1.807) is 16.8 Å². The topological polar surface area (TPSA) is 50.9 Å². The lowest BCUT2D eigenvalue weighted by molar-refractivity contribution is 0.277. The predicted molar refractivity (Wildman–Crippen MR) is 77.4 cm³/mol. The van der Waals surface area contributed by atoms with Crippen molar-refractivity contribution in [1.29, 1.82) is 0 Å². The Hall–Kier alpha value is -2.53. The highest BCUT2D eigenvalue weighted by molar-refractivity contribution is 5.64. The molecule has 1 N–H and O–H groups in total. The monoisotopic (exact) mass is 283 g/mol. The first-order valence-electron chi connectivity index (χ1n) is 6.57. The van der Waals surface area contributed by atoms with Gasteiger partial charge in [0.2, 0.25) is 0 Å². The Morgan fingerprint density at radius 2 is 1.95 bits per heavy atom. The zero-order valence-electron chi connectivity index (χ0n) is 11.5. The predicted octanol–water partition coefficient (Wildman–Crippen LogP) is 2.87. The van der Waals surface area contributed by atoms with Crippen molar-refractivity contribution in [3.05, 3.63) is 65.6 Å². The van der Waals surface area contributed by atoms with Crippen LogP contribution in [0.4, 0.5) is 4.39 Å². The largest absolute Gasteiger partial charge is 0.390 e. The minimum absolute atomic E-state index is 0.252. The van der Waals surface area contributed by atoms with Crippen LogP contribution in [0.2, 0.25) is 0 Å². The smallest absolute Gasteiger partial charge is 0.123 e. The van der Waals surface area contributed by atoms with Gasteiger partial charge in [-0.1, -0.05) is 29.5 Å². The zero-order valence-corrected chi connectivity index (χ0v) is 11.5. The molecule has 0 spiro atoms. The molecule has 0 saturated heterocycles. The van der Waals surface area contributed by atoms with Crippen LogP contribution in [0.15, 0.2) is 48.5 Å². The van der Waals surface area contributed by atoms with E-state index in [2.05, 4.69) is 10.3 Å². The average Bonchev–Trinajstić information content (AvgIpc) is 2.91. The van der Waals surface area contributed by atoms with Crippen LogP contribution in [0.1, 0.15) is 11.3 Å². The summed E-state index contributed by atoms with van der Waals surface area (Å²) in [5.41, 5.74) is 3.55. The summed E-state index contributed by atoms with van der Waals surface area (Å²) in [7, 11) is 0. The number of aromatic nitrogens is 3. The van der Waals surface area contributed by atoms with Gasteiger partial charge in [0.25, 0.3) is 0 Å². The van der Waals surface area contributed by atoms with E-state index in [0.717, 1.165) is 11.3 Å². The Labute approximate surface area is 121 Å². The van der Waals surface area contributed by atoms with Gasteiger partial charge in [-0.25, -0.2) is 9.07 Å². The number of nitrogens with zero attached hydrogens (tertiary/aromatic N) is 3. The molecule has 3 rings (SSSR count). The van der Waals surface area contributed by atoms with E-state index in [0.29, 0.717) is 17.0 Å². The second kappa shape index (κ2) is 5.46. The summed E-state index contributed by atoms with van der Waals surface area (Å²) in [6.07, 6.45) is 0. The van der Waals surface area contributed by atoms with Gasteiger partial charge in [0.1, 0.15) is 17.2 Å².